The van der Waals surface area contributed by atoms with Gasteiger partial charge in [-0.3, -0.25) is 4.79 Å². The number of aliphatic hydroxyl groups is 1. The summed E-state index contributed by atoms with van der Waals surface area (Å²) in [5, 5.41) is 27.6. The van der Waals surface area contributed by atoms with Crippen LogP contribution in [0.15, 0.2) is 53.2 Å². The Morgan fingerprint density at radius 3 is 2.73 bits per heavy atom. The third kappa shape index (κ3) is 4.00. The van der Waals surface area contributed by atoms with E-state index >= 15 is 0 Å². The predicted molar refractivity (Wildman–Crippen MR) is 120 cm³/mol. The number of phenolic OH excluding ortho intramolecular Hbond substituents is 1. The molecule has 33 heavy (non-hydrogen) atoms. The molecule has 10 heteroatoms. The van der Waals surface area contributed by atoms with Crippen LogP contribution in [0.1, 0.15) is 29.3 Å². The number of hydrogen-bond acceptors (Lipinski definition) is 8. The van der Waals surface area contributed by atoms with Crippen LogP contribution in [0.5, 0.6) is 5.75 Å². The monoisotopic (exact) mass is 448 g/mol. The van der Waals surface area contributed by atoms with Gasteiger partial charge in [0.15, 0.2) is 5.58 Å². The first-order valence-electron chi connectivity index (χ1n) is 10.8. The minimum absolute atomic E-state index is 0.0212. The van der Waals surface area contributed by atoms with Gasteiger partial charge in [-0.15, -0.1) is 0 Å². The van der Waals surface area contributed by atoms with Crippen LogP contribution in [0, 0.1) is 0 Å². The number of oxazole rings is 1. The highest BCUT2D eigenvalue weighted by atomic mass is 16.4. The molecule has 0 unspecified atom stereocenters. The largest absolute Gasteiger partial charge is 0.508 e. The molecule has 2 N–H and O–H groups in total. The number of fused-ring (bicyclic) bond motifs is 1. The average Bonchev–Trinajstić information content (AvgIpc) is 3.46. The minimum atomic E-state index is -0.163. The van der Waals surface area contributed by atoms with E-state index in [0.29, 0.717) is 53.6 Å². The third-order valence-electron chi connectivity index (χ3n) is 5.96. The molecule has 1 saturated heterocycles. The maximum atomic E-state index is 13.7. The smallest absolute Gasteiger partial charge is 0.298 e. The first-order valence-corrected chi connectivity index (χ1v) is 10.8. The van der Waals surface area contributed by atoms with Crippen LogP contribution >= 0.6 is 0 Å². The highest BCUT2D eigenvalue weighted by Gasteiger charge is 2.29. The maximum absolute atomic E-state index is 13.7. The van der Waals surface area contributed by atoms with Crippen molar-refractivity contribution in [3.05, 3.63) is 59.9 Å². The zero-order chi connectivity index (χ0) is 22.9. The van der Waals surface area contributed by atoms with E-state index in [-0.39, 0.29) is 24.3 Å². The van der Waals surface area contributed by atoms with Gasteiger partial charge in [0.2, 0.25) is 0 Å². The lowest BCUT2D eigenvalue weighted by Gasteiger charge is -2.27. The topological polar surface area (TPSA) is 121 Å². The second kappa shape index (κ2) is 8.55. The van der Waals surface area contributed by atoms with Gasteiger partial charge in [-0.25, -0.2) is 0 Å². The van der Waals surface area contributed by atoms with Crippen molar-refractivity contribution in [2.75, 3.05) is 24.5 Å². The van der Waals surface area contributed by atoms with Gasteiger partial charge < -0.3 is 24.4 Å². The number of aliphatic hydroxyl groups excluding tert-OH is 1. The van der Waals surface area contributed by atoms with E-state index in [1.807, 2.05) is 16.7 Å². The fourth-order valence-corrected chi connectivity index (χ4v) is 4.11. The van der Waals surface area contributed by atoms with Gasteiger partial charge in [0.05, 0.1) is 30.3 Å². The van der Waals surface area contributed by atoms with Crippen molar-refractivity contribution in [1.29, 1.82) is 0 Å². The fourth-order valence-electron chi connectivity index (χ4n) is 4.11. The molecule has 0 saturated carbocycles. The molecule has 1 atom stereocenters. The SMILES string of the molecule is C[C@@H]1CCN(c2nc3ccc(O)cc3o2)CCN1C(=O)c1cc(CO)ccc1-n1nccn1. The lowest BCUT2D eigenvalue weighted by molar-refractivity contribution is 0.0704. The molecule has 1 fully saturated rings. The van der Waals surface area contributed by atoms with Crippen molar-refractivity contribution in [3.63, 3.8) is 0 Å². The van der Waals surface area contributed by atoms with Crippen molar-refractivity contribution in [2.24, 2.45) is 0 Å². The highest BCUT2D eigenvalue weighted by molar-refractivity contribution is 5.98. The second-order valence-corrected chi connectivity index (χ2v) is 8.10. The average molecular weight is 448 g/mol. The summed E-state index contributed by atoms with van der Waals surface area (Å²) in [4.78, 5) is 23.5. The molecule has 0 bridgehead atoms. The predicted octanol–water partition coefficient (Wildman–Crippen LogP) is 2.35. The van der Waals surface area contributed by atoms with Crippen molar-refractivity contribution in [1.82, 2.24) is 24.9 Å². The molecule has 0 spiro atoms. The summed E-state index contributed by atoms with van der Waals surface area (Å²) in [6.07, 6.45) is 3.84. The molecule has 5 rings (SSSR count). The van der Waals surface area contributed by atoms with Crippen LogP contribution in [0.2, 0.25) is 0 Å². The number of aromatic hydroxyl groups is 1. The molecule has 1 aliphatic heterocycles. The Hall–Kier alpha value is -3.92. The summed E-state index contributed by atoms with van der Waals surface area (Å²) in [6.45, 7) is 3.55. The van der Waals surface area contributed by atoms with Gasteiger partial charge in [0, 0.05) is 31.7 Å². The van der Waals surface area contributed by atoms with Gasteiger partial charge in [-0.2, -0.15) is 20.0 Å². The number of amides is 1. The van der Waals surface area contributed by atoms with Crippen molar-refractivity contribution < 1.29 is 19.4 Å². The van der Waals surface area contributed by atoms with Gasteiger partial charge in [0.25, 0.3) is 11.9 Å². The van der Waals surface area contributed by atoms with Crippen LogP contribution in [0.3, 0.4) is 0 Å². The van der Waals surface area contributed by atoms with Crippen molar-refractivity contribution in [2.45, 2.75) is 26.0 Å². The van der Waals surface area contributed by atoms with Gasteiger partial charge in [0.1, 0.15) is 11.3 Å². The Morgan fingerprint density at radius 2 is 1.94 bits per heavy atom. The van der Waals surface area contributed by atoms with Crippen molar-refractivity contribution in [3.8, 4) is 11.4 Å². The third-order valence-corrected chi connectivity index (χ3v) is 5.96. The number of rotatable bonds is 4. The summed E-state index contributed by atoms with van der Waals surface area (Å²) in [7, 11) is 0. The van der Waals surface area contributed by atoms with E-state index in [9.17, 15) is 15.0 Å². The lowest BCUT2D eigenvalue weighted by Crippen LogP contribution is -2.40. The number of hydrogen-bond donors (Lipinski definition) is 2. The van der Waals surface area contributed by atoms with E-state index in [2.05, 4.69) is 15.2 Å². The molecule has 1 aliphatic rings. The number of aromatic nitrogens is 4. The van der Waals surface area contributed by atoms with E-state index in [1.54, 1.807) is 48.8 Å². The first kappa shape index (κ1) is 21.0. The number of anilines is 1. The van der Waals surface area contributed by atoms with E-state index in [0.717, 1.165) is 6.42 Å². The standard InChI is InChI=1S/C23H24N6O4/c1-15-6-9-27(23-26-19-4-3-17(31)13-21(19)33-23)10-11-28(15)22(32)18-12-16(14-30)2-5-20(18)29-24-7-8-25-29/h2-5,7-8,12-13,15,30-31H,6,9-11,14H2,1H3/t15-/m1/s1. The number of benzene rings is 2. The van der Waals surface area contributed by atoms with Crippen LogP contribution in [0.25, 0.3) is 16.8 Å². The van der Waals surface area contributed by atoms with Crippen LogP contribution in [0.4, 0.5) is 6.01 Å². The first-order chi connectivity index (χ1) is 16.0. The molecule has 0 radical (unpaired) electrons. The lowest BCUT2D eigenvalue weighted by atomic mass is 10.1. The zero-order valence-electron chi connectivity index (χ0n) is 18.1. The van der Waals surface area contributed by atoms with E-state index < -0.39 is 0 Å². The normalized spacial score (nSPS) is 16.8. The van der Waals surface area contributed by atoms with Crippen LogP contribution < -0.4 is 4.90 Å². The van der Waals surface area contributed by atoms with Gasteiger partial charge >= 0.3 is 0 Å². The highest BCUT2D eigenvalue weighted by Crippen LogP contribution is 2.27. The summed E-state index contributed by atoms with van der Waals surface area (Å²) in [6, 6.07) is 10.5. The number of phenols is 1. The molecular weight excluding hydrogens is 424 g/mol. The molecule has 2 aromatic carbocycles. The Balaban J connectivity index is 1.41. The second-order valence-electron chi connectivity index (χ2n) is 8.10. The summed E-state index contributed by atoms with van der Waals surface area (Å²) in [5.41, 5.74) is 2.84. The van der Waals surface area contributed by atoms with Gasteiger partial charge in [-0.05, 0) is 43.2 Å². The molecule has 3 heterocycles. The number of carbonyl (C=O) groups excluding carboxylic acids is 1. The summed E-state index contributed by atoms with van der Waals surface area (Å²) >= 11 is 0. The fraction of sp³-hybridized carbons (Fsp3) is 0.304. The Bertz CT molecular complexity index is 1290. The zero-order valence-corrected chi connectivity index (χ0v) is 18.1. The number of nitrogens with zero attached hydrogens (tertiary/aromatic N) is 6. The number of carbonyl (C=O) groups is 1. The molecular formula is C23H24N6O4. The molecule has 1 amide bonds. The molecule has 170 valence electrons. The summed E-state index contributed by atoms with van der Waals surface area (Å²) in [5.74, 6) is -0.0199. The van der Waals surface area contributed by atoms with E-state index in [1.165, 1.54) is 4.80 Å². The van der Waals surface area contributed by atoms with Gasteiger partial charge in [-0.1, -0.05) is 6.07 Å². The Kier molecular flexibility index (Phi) is 5.43. The minimum Gasteiger partial charge on any atom is -0.508 e. The van der Waals surface area contributed by atoms with Crippen LogP contribution in [-0.4, -0.2) is 66.7 Å². The maximum Gasteiger partial charge on any atom is 0.298 e. The van der Waals surface area contributed by atoms with Crippen LogP contribution in [-0.2, 0) is 6.61 Å². The molecule has 2 aromatic heterocycles. The van der Waals surface area contributed by atoms with E-state index in [4.69, 9.17) is 4.42 Å². The summed E-state index contributed by atoms with van der Waals surface area (Å²) < 4.78 is 5.86. The van der Waals surface area contributed by atoms with Crippen molar-refractivity contribution >= 4 is 23.0 Å². The Morgan fingerprint density at radius 1 is 1.12 bits per heavy atom. The molecule has 0 aliphatic carbocycles. The molecule has 10 nitrogen and oxygen atoms in total. The Labute approximate surface area is 189 Å². The molecule has 4 aromatic rings. The quantitative estimate of drug-likeness (QED) is 0.488.